The second-order valence-electron chi connectivity index (χ2n) is 5.91. The van der Waals surface area contributed by atoms with Crippen molar-refractivity contribution in [2.75, 3.05) is 6.54 Å². The molecule has 23 heavy (non-hydrogen) atoms. The van der Waals surface area contributed by atoms with Crippen LogP contribution in [0.25, 0.3) is 0 Å². The molecule has 6 heteroatoms. The van der Waals surface area contributed by atoms with Crippen LogP contribution in [-0.2, 0) is 4.79 Å². The quantitative estimate of drug-likeness (QED) is 0.676. The van der Waals surface area contributed by atoms with Crippen molar-refractivity contribution in [1.29, 1.82) is 0 Å². The van der Waals surface area contributed by atoms with E-state index in [4.69, 9.17) is 10.5 Å². The SMILES string of the molecule is CCC(C)C(N)C(=O)NCC(O)c1ccc(OC(C)C)cc1.Cl. The smallest absolute Gasteiger partial charge is 0.237 e. The molecule has 0 saturated heterocycles. The molecule has 5 nitrogen and oxygen atoms in total. The summed E-state index contributed by atoms with van der Waals surface area (Å²) < 4.78 is 5.55. The van der Waals surface area contributed by atoms with Crippen molar-refractivity contribution in [3.05, 3.63) is 29.8 Å². The van der Waals surface area contributed by atoms with Crippen LogP contribution in [0.1, 0.15) is 45.8 Å². The van der Waals surface area contributed by atoms with Crippen LogP contribution >= 0.6 is 12.4 Å². The van der Waals surface area contributed by atoms with Crippen LogP contribution in [0.4, 0.5) is 0 Å². The van der Waals surface area contributed by atoms with Gasteiger partial charge in [-0.15, -0.1) is 12.4 Å². The summed E-state index contributed by atoms with van der Waals surface area (Å²) in [6.45, 7) is 7.99. The molecule has 1 aromatic carbocycles. The Morgan fingerprint density at radius 3 is 2.30 bits per heavy atom. The molecule has 0 fully saturated rings. The summed E-state index contributed by atoms with van der Waals surface area (Å²) in [7, 11) is 0. The molecule has 0 saturated carbocycles. The van der Waals surface area contributed by atoms with Gasteiger partial charge >= 0.3 is 0 Å². The summed E-state index contributed by atoms with van der Waals surface area (Å²) in [6.07, 6.45) is 0.187. The van der Waals surface area contributed by atoms with Gasteiger partial charge in [0, 0.05) is 6.54 Å². The number of carbonyl (C=O) groups excluding carboxylic acids is 1. The molecule has 0 aliphatic carbocycles. The lowest BCUT2D eigenvalue weighted by Gasteiger charge is -2.19. The molecule has 0 bridgehead atoms. The van der Waals surface area contributed by atoms with Gasteiger partial charge in [0.2, 0.25) is 5.91 Å². The third-order valence-corrected chi connectivity index (χ3v) is 3.67. The maximum atomic E-state index is 11.9. The van der Waals surface area contributed by atoms with E-state index in [2.05, 4.69) is 5.32 Å². The van der Waals surface area contributed by atoms with Gasteiger partial charge in [-0.1, -0.05) is 32.4 Å². The Hall–Kier alpha value is -1.30. The Labute approximate surface area is 145 Å². The lowest BCUT2D eigenvalue weighted by Crippen LogP contribution is -2.45. The average molecular weight is 345 g/mol. The van der Waals surface area contributed by atoms with E-state index in [1.807, 2.05) is 39.8 Å². The first-order chi connectivity index (χ1) is 10.3. The van der Waals surface area contributed by atoms with Gasteiger partial charge in [-0.25, -0.2) is 0 Å². The number of benzene rings is 1. The van der Waals surface area contributed by atoms with Crippen LogP contribution in [0.15, 0.2) is 24.3 Å². The van der Waals surface area contributed by atoms with Gasteiger partial charge in [-0.3, -0.25) is 4.79 Å². The zero-order chi connectivity index (χ0) is 16.7. The van der Waals surface area contributed by atoms with Crippen molar-refractivity contribution in [2.45, 2.75) is 52.4 Å². The van der Waals surface area contributed by atoms with Crippen LogP contribution in [0.2, 0.25) is 0 Å². The van der Waals surface area contributed by atoms with Crippen molar-refractivity contribution >= 4 is 18.3 Å². The fraction of sp³-hybridized carbons (Fsp3) is 0.588. The second kappa shape index (κ2) is 10.5. The highest BCUT2D eigenvalue weighted by Gasteiger charge is 2.20. The Morgan fingerprint density at radius 1 is 1.26 bits per heavy atom. The minimum absolute atomic E-state index is 0. The molecule has 3 atom stereocenters. The van der Waals surface area contributed by atoms with Crippen molar-refractivity contribution in [3.8, 4) is 5.75 Å². The van der Waals surface area contributed by atoms with Crippen LogP contribution in [0.3, 0.4) is 0 Å². The molecule has 1 rings (SSSR count). The zero-order valence-corrected chi connectivity index (χ0v) is 15.1. The second-order valence-corrected chi connectivity index (χ2v) is 5.91. The molecule has 0 radical (unpaired) electrons. The van der Waals surface area contributed by atoms with E-state index in [0.29, 0.717) is 0 Å². The number of aliphatic hydroxyl groups excluding tert-OH is 1. The van der Waals surface area contributed by atoms with E-state index < -0.39 is 12.1 Å². The number of aliphatic hydroxyl groups is 1. The van der Waals surface area contributed by atoms with E-state index in [-0.39, 0.29) is 36.9 Å². The fourth-order valence-corrected chi connectivity index (χ4v) is 1.99. The summed E-state index contributed by atoms with van der Waals surface area (Å²) in [5, 5.41) is 12.8. The number of carbonyl (C=O) groups is 1. The molecule has 3 unspecified atom stereocenters. The lowest BCUT2D eigenvalue weighted by atomic mass is 9.99. The maximum Gasteiger partial charge on any atom is 0.237 e. The molecule has 4 N–H and O–H groups in total. The predicted molar refractivity (Wildman–Crippen MR) is 94.9 cm³/mol. The molecule has 0 spiro atoms. The molecular weight excluding hydrogens is 316 g/mol. The topological polar surface area (TPSA) is 84.6 Å². The molecule has 1 amide bonds. The van der Waals surface area contributed by atoms with E-state index in [9.17, 15) is 9.90 Å². The minimum atomic E-state index is -0.763. The molecule has 132 valence electrons. The first-order valence-corrected chi connectivity index (χ1v) is 7.83. The number of nitrogens with two attached hydrogens (primary N) is 1. The summed E-state index contributed by atoms with van der Waals surface area (Å²) in [5.74, 6) is 0.645. The Morgan fingerprint density at radius 2 is 1.83 bits per heavy atom. The van der Waals surface area contributed by atoms with Gasteiger partial charge in [-0.2, -0.15) is 0 Å². The predicted octanol–water partition coefficient (Wildman–Crippen LogP) is 2.42. The normalized spacial score (nSPS) is 14.6. The molecule has 1 aromatic rings. The van der Waals surface area contributed by atoms with Gasteiger partial charge in [0.05, 0.1) is 18.2 Å². The minimum Gasteiger partial charge on any atom is -0.491 e. The van der Waals surface area contributed by atoms with Gasteiger partial charge in [0.15, 0.2) is 0 Å². The number of rotatable bonds is 8. The number of halogens is 1. The van der Waals surface area contributed by atoms with Crippen LogP contribution in [0, 0.1) is 5.92 Å². The van der Waals surface area contributed by atoms with Gasteiger partial charge in [0.25, 0.3) is 0 Å². The van der Waals surface area contributed by atoms with Gasteiger partial charge in [0.1, 0.15) is 5.75 Å². The first-order valence-electron chi connectivity index (χ1n) is 7.83. The van der Waals surface area contributed by atoms with Crippen molar-refractivity contribution in [2.24, 2.45) is 11.7 Å². The Balaban J connectivity index is 0.00000484. The van der Waals surface area contributed by atoms with Crippen molar-refractivity contribution < 1.29 is 14.6 Å². The van der Waals surface area contributed by atoms with Crippen LogP contribution < -0.4 is 15.8 Å². The largest absolute Gasteiger partial charge is 0.491 e. The first kappa shape index (κ1) is 21.7. The lowest BCUT2D eigenvalue weighted by molar-refractivity contribution is -0.123. The summed E-state index contributed by atoms with van der Waals surface area (Å²) in [6, 6.07) is 6.67. The Kier molecular flexibility index (Phi) is 9.88. The molecule has 0 aliphatic rings. The van der Waals surface area contributed by atoms with Gasteiger partial charge in [-0.05, 0) is 37.5 Å². The highest BCUT2D eigenvalue weighted by molar-refractivity contribution is 5.85. The average Bonchev–Trinajstić information content (AvgIpc) is 2.50. The highest BCUT2D eigenvalue weighted by atomic mass is 35.5. The third kappa shape index (κ3) is 7.20. The van der Waals surface area contributed by atoms with E-state index in [1.165, 1.54) is 0 Å². The third-order valence-electron chi connectivity index (χ3n) is 3.67. The number of hydrogen-bond donors (Lipinski definition) is 3. The summed E-state index contributed by atoms with van der Waals surface area (Å²) >= 11 is 0. The number of nitrogens with one attached hydrogen (secondary N) is 1. The van der Waals surface area contributed by atoms with E-state index in [1.54, 1.807) is 12.1 Å². The number of hydrogen-bond acceptors (Lipinski definition) is 4. The van der Waals surface area contributed by atoms with E-state index >= 15 is 0 Å². The number of ether oxygens (including phenoxy) is 1. The van der Waals surface area contributed by atoms with Crippen LogP contribution in [0.5, 0.6) is 5.75 Å². The van der Waals surface area contributed by atoms with E-state index in [0.717, 1.165) is 17.7 Å². The molecule has 0 heterocycles. The van der Waals surface area contributed by atoms with Crippen molar-refractivity contribution in [3.63, 3.8) is 0 Å². The standard InChI is InChI=1S/C17H28N2O3.ClH/c1-5-12(4)16(18)17(21)19-10-15(20)13-6-8-14(9-7-13)22-11(2)3;/h6-9,11-12,15-16,20H,5,10,18H2,1-4H3,(H,19,21);1H. The maximum absolute atomic E-state index is 11.9. The van der Waals surface area contributed by atoms with Crippen LogP contribution in [-0.4, -0.2) is 29.7 Å². The molecular formula is C17H29ClN2O3. The Bertz CT molecular complexity index is 465. The fourth-order valence-electron chi connectivity index (χ4n) is 1.99. The zero-order valence-electron chi connectivity index (χ0n) is 14.3. The van der Waals surface area contributed by atoms with Gasteiger partial charge < -0.3 is 20.9 Å². The monoisotopic (exact) mass is 344 g/mol. The summed E-state index contributed by atoms with van der Waals surface area (Å²) in [4.78, 5) is 11.9. The highest BCUT2D eigenvalue weighted by Crippen LogP contribution is 2.18. The van der Waals surface area contributed by atoms with Crippen molar-refractivity contribution in [1.82, 2.24) is 5.32 Å². The molecule has 0 aromatic heterocycles. The molecule has 0 aliphatic heterocycles. The summed E-state index contributed by atoms with van der Waals surface area (Å²) in [5.41, 5.74) is 6.58. The number of amides is 1.